The van der Waals surface area contributed by atoms with Crippen molar-refractivity contribution in [2.75, 3.05) is 6.66 Å². The lowest BCUT2D eigenvalue weighted by Gasteiger charge is -2.41. The van der Waals surface area contributed by atoms with Gasteiger partial charge in [-0.15, -0.1) is 0 Å². The number of hydrogen-bond acceptors (Lipinski definition) is 0. The van der Waals surface area contributed by atoms with Crippen LogP contribution in [-0.2, 0) is 32.5 Å². The van der Waals surface area contributed by atoms with E-state index in [-0.39, 0.29) is 40.0 Å². The lowest BCUT2D eigenvalue weighted by molar-refractivity contribution is 0.541. The molecule has 41 heavy (non-hydrogen) atoms. The van der Waals surface area contributed by atoms with E-state index in [0.29, 0.717) is 5.40 Å². The molecule has 0 N–H and O–H groups in total. The van der Waals surface area contributed by atoms with Crippen molar-refractivity contribution < 1.29 is 0 Å². The molecule has 0 fully saturated rings. The summed E-state index contributed by atoms with van der Waals surface area (Å²) in [6.45, 7) is 46.0. The number of rotatable bonds is 2. The van der Waals surface area contributed by atoms with E-state index in [1.807, 2.05) is 0 Å². The van der Waals surface area contributed by atoms with E-state index in [2.05, 4.69) is 161 Å². The Bertz CT molecular complexity index is 1260. The van der Waals surface area contributed by atoms with Gasteiger partial charge in [-0.2, -0.15) is 0 Å². The molecule has 0 amide bonds. The summed E-state index contributed by atoms with van der Waals surface area (Å²) < 4.78 is 0. The lowest BCUT2D eigenvalue weighted by atomic mass is 9.72. The zero-order valence-electron chi connectivity index (χ0n) is 30.4. The molecular formula is C39H63P2+. The molecule has 2 heteroatoms. The first-order valence-corrected chi connectivity index (χ1v) is 19.2. The van der Waals surface area contributed by atoms with Crippen LogP contribution < -0.4 is 5.30 Å². The summed E-state index contributed by atoms with van der Waals surface area (Å²) in [5, 5.41) is 2.28. The van der Waals surface area contributed by atoms with Crippen molar-refractivity contribution >= 4 is 26.3 Å². The van der Waals surface area contributed by atoms with Crippen molar-refractivity contribution in [2.45, 2.75) is 163 Å². The molecular weight excluding hydrogens is 530 g/mol. The van der Waals surface area contributed by atoms with Gasteiger partial charge in [0.15, 0.2) is 5.40 Å². The first-order valence-electron chi connectivity index (χ1n) is 15.8. The minimum atomic E-state index is -0.451. The first kappa shape index (κ1) is 34.5. The van der Waals surface area contributed by atoms with Crippen LogP contribution in [0.3, 0.4) is 0 Å². The van der Waals surface area contributed by atoms with E-state index in [1.165, 1.54) is 11.1 Å². The van der Waals surface area contributed by atoms with Gasteiger partial charge in [-0.3, -0.25) is 0 Å². The van der Waals surface area contributed by atoms with E-state index < -0.39 is 7.92 Å². The molecule has 0 aromatic heterocycles. The summed E-state index contributed by atoms with van der Waals surface area (Å²) in [5.41, 5.74) is 14.3. The Morgan fingerprint density at radius 3 is 1.00 bits per heavy atom. The molecule has 0 radical (unpaired) electrons. The molecule has 0 saturated heterocycles. The van der Waals surface area contributed by atoms with Crippen LogP contribution in [0.4, 0.5) is 0 Å². The van der Waals surface area contributed by atoms with Crippen LogP contribution >= 0.6 is 15.5 Å². The fourth-order valence-corrected chi connectivity index (χ4v) is 13.3. The van der Waals surface area contributed by atoms with E-state index in [1.54, 1.807) is 33.1 Å². The Hall–Kier alpha value is -0.960. The third-order valence-corrected chi connectivity index (χ3v) is 15.8. The van der Waals surface area contributed by atoms with Crippen molar-refractivity contribution in [3.05, 3.63) is 63.2 Å². The van der Waals surface area contributed by atoms with E-state index in [9.17, 15) is 0 Å². The molecule has 0 bridgehead atoms. The second kappa shape index (κ2) is 10.6. The normalized spacial score (nSPS) is 20.1. The highest BCUT2D eigenvalue weighted by Gasteiger charge is 2.50. The van der Waals surface area contributed by atoms with E-state index >= 15 is 0 Å². The predicted molar refractivity (Wildman–Crippen MR) is 193 cm³/mol. The molecule has 0 nitrogen and oxygen atoms in total. The lowest BCUT2D eigenvalue weighted by Crippen LogP contribution is -2.34. The Kier molecular flexibility index (Phi) is 8.92. The maximum Gasteiger partial charge on any atom is 0.170 e. The van der Waals surface area contributed by atoms with Crippen LogP contribution in [0.5, 0.6) is 0 Å². The van der Waals surface area contributed by atoms with E-state index in [4.69, 9.17) is 0 Å². The molecule has 0 aliphatic carbocycles. The minimum Gasteiger partial charge on any atom is -0.0561 e. The Morgan fingerprint density at radius 1 is 0.463 bits per heavy atom. The van der Waals surface area contributed by atoms with E-state index in [0.717, 1.165) is 0 Å². The smallest absolute Gasteiger partial charge is 0.0561 e. The predicted octanol–water partition coefficient (Wildman–Crippen LogP) is 12.2. The van der Waals surface area contributed by atoms with Gasteiger partial charge in [0.25, 0.3) is 0 Å². The zero-order chi connectivity index (χ0) is 31.9. The Morgan fingerprint density at radius 2 is 0.756 bits per heavy atom. The van der Waals surface area contributed by atoms with Crippen LogP contribution in [0.25, 0.3) is 0 Å². The van der Waals surface area contributed by atoms with Gasteiger partial charge in [-0.25, -0.2) is 0 Å². The molecule has 2 aromatic carbocycles. The van der Waals surface area contributed by atoms with Crippen molar-refractivity contribution in [1.29, 1.82) is 0 Å². The van der Waals surface area contributed by atoms with Gasteiger partial charge in [0.05, 0.1) is 6.66 Å². The van der Waals surface area contributed by atoms with Crippen LogP contribution in [-0.4, -0.2) is 12.2 Å². The van der Waals surface area contributed by atoms with Gasteiger partial charge in [-0.05, 0) is 71.2 Å². The van der Waals surface area contributed by atoms with Crippen LogP contribution in [0.1, 0.15) is 169 Å². The fraction of sp³-hybridized carbons (Fsp3) is 0.667. The first-order chi connectivity index (χ1) is 18.1. The van der Waals surface area contributed by atoms with Gasteiger partial charge in [-0.1, -0.05) is 149 Å². The van der Waals surface area contributed by atoms with Crippen molar-refractivity contribution in [3.8, 4) is 0 Å². The summed E-state index contributed by atoms with van der Waals surface area (Å²) in [6, 6.07) is 10.4. The molecule has 2 aromatic rings. The van der Waals surface area contributed by atoms with Gasteiger partial charge >= 0.3 is 0 Å². The number of hydrogen-bond donors (Lipinski definition) is 0. The maximum atomic E-state index is 2.81. The van der Waals surface area contributed by atoms with Gasteiger partial charge in [0.1, 0.15) is 13.1 Å². The highest BCUT2D eigenvalue weighted by molar-refractivity contribution is 8.04. The van der Waals surface area contributed by atoms with Gasteiger partial charge < -0.3 is 0 Å². The molecule has 3 unspecified atom stereocenters. The van der Waals surface area contributed by atoms with Crippen LogP contribution in [0.15, 0.2) is 24.3 Å². The summed E-state index contributed by atoms with van der Waals surface area (Å²) in [7, 11) is -0.659. The average Bonchev–Trinajstić information content (AvgIpc) is 2.72. The molecule has 228 valence electrons. The third kappa shape index (κ3) is 7.07. The molecule has 3 rings (SSSR count). The zero-order valence-corrected chi connectivity index (χ0v) is 32.1. The fourth-order valence-electron chi connectivity index (χ4n) is 6.07. The monoisotopic (exact) mass is 593 g/mol. The summed E-state index contributed by atoms with van der Waals surface area (Å²) in [4.78, 5) is 0. The molecule has 0 saturated carbocycles. The molecule has 1 aliphatic heterocycles. The quantitative estimate of drug-likeness (QED) is 0.304. The second-order valence-corrected chi connectivity index (χ2v) is 23.9. The highest BCUT2D eigenvalue weighted by atomic mass is 31.2. The maximum absolute atomic E-state index is 2.81. The van der Waals surface area contributed by atoms with Crippen LogP contribution in [0.2, 0.25) is 0 Å². The topological polar surface area (TPSA) is 0 Å². The minimum absolute atomic E-state index is 0.0825. The number of benzene rings is 2. The van der Waals surface area contributed by atoms with Gasteiger partial charge in [0.2, 0.25) is 0 Å². The van der Waals surface area contributed by atoms with Crippen LogP contribution in [0, 0.1) is 0 Å². The second-order valence-electron chi connectivity index (χ2n) is 19.0. The Balaban J connectivity index is 2.50. The summed E-state index contributed by atoms with van der Waals surface area (Å²) in [6.07, 6.45) is 0. The van der Waals surface area contributed by atoms with Crippen molar-refractivity contribution in [3.63, 3.8) is 0 Å². The van der Waals surface area contributed by atoms with Gasteiger partial charge in [0, 0.05) is 13.5 Å². The summed E-state index contributed by atoms with van der Waals surface area (Å²) >= 11 is 0. The third-order valence-electron chi connectivity index (χ3n) is 8.73. The molecule has 1 heterocycles. The average molecular weight is 594 g/mol. The molecule has 0 spiro atoms. The van der Waals surface area contributed by atoms with Crippen molar-refractivity contribution in [2.24, 2.45) is 0 Å². The largest absolute Gasteiger partial charge is 0.170 e. The van der Waals surface area contributed by atoms with Crippen molar-refractivity contribution in [1.82, 2.24) is 0 Å². The SMILES string of the molecule is C[P+]1=CP(c2c(C(C)(C)C)cc(C(C)(C)C)cc2C(C)(C)C)C1c1c(C(C)(C)C)cc(C(C)(C)C)cc1C(C)(C)C. The Labute approximate surface area is 258 Å². The highest BCUT2D eigenvalue weighted by Crippen LogP contribution is 2.73. The molecule has 1 aliphatic rings. The molecule has 3 atom stereocenters. The standard InChI is InChI=1S/C39H63P2/c1-34(2,3)25-20-27(36(7,8)9)31(28(21-25)37(10,11)12)33-40(19)24-41(33)32-29(38(13,14)15)22-26(35(4,5)6)23-30(32)39(16,17)18/h20-24,33H,1-19H3/q+1. The summed E-state index contributed by atoms with van der Waals surface area (Å²) in [5.74, 6) is 0.